The van der Waals surface area contributed by atoms with Crippen molar-refractivity contribution in [3.05, 3.63) is 60.4 Å². The molecule has 1 aliphatic carbocycles. The Morgan fingerprint density at radius 2 is 1.85 bits per heavy atom. The Bertz CT molecular complexity index is 2030. The maximum absolute atomic E-state index is 14.8. The Hall–Kier alpha value is -4.42. The first kappa shape index (κ1) is 34.7. The number of aromatic nitrogens is 4. The molecule has 3 aromatic heterocycles. The summed E-state index contributed by atoms with van der Waals surface area (Å²) in [5.41, 5.74) is 4.74. The number of carbonyl (C=O) groups is 2. The van der Waals surface area contributed by atoms with Crippen LogP contribution in [0.4, 0.5) is 21.6 Å². The number of likely N-dealkylation sites (tertiary alicyclic amines) is 2. The highest BCUT2D eigenvalue weighted by atomic mass is 19.1. The monoisotopic (exact) mass is 708 g/mol. The third-order valence-corrected chi connectivity index (χ3v) is 12.1. The summed E-state index contributed by atoms with van der Waals surface area (Å²) in [4.78, 5) is 47.8. The van der Waals surface area contributed by atoms with Gasteiger partial charge in [0.15, 0.2) is 11.6 Å². The summed E-state index contributed by atoms with van der Waals surface area (Å²) in [5.74, 6) is -0.148. The molecule has 52 heavy (non-hydrogen) atoms. The van der Waals surface area contributed by atoms with Crippen LogP contribution < -0.4 is 10.2 Å². The van der Waals surface area contributed by atoms with E-state index in [2.05, 4.69) is 59.9 Å². The number of halogens is 1. The molecule has 12 heteroatoms. The third kappa shape index (κ3) is 5.74. The van der Waals surface area contributed by atoms with Crippen LogP contribution in [0.2, 0.25) is 0 Å². The molecule has 6 heterocycles. The van der Waals surface area contributed by atoms with Crippen molar-refractivity contribution < 1.29 is 19.1 Å². The number of aliphatic hydroxyl groups is 1. The van der Waals surface area contributed by atoms with Crippen molar-refractivity contribution in [1.29, 1.82) is 0 Å². The molecule has 2 amide bonds. The average molecular weight is 709 g/mol. The number of piperidine rings is 1. The van der Waals surface area contributed by atoms with Crippen molar-refractivity contribution in [3.8, 4) is 11.3 Å². The van der Waals surface area contributed by atoms with Crippen molar-refractivity contribution in [3.63, 3.8) is 0 Å². The molecule has 1 atom stereocenters. The molecule has 274 valence electrons. The fraction of sp³-hybridized carbons (Fsp3) is 0.525. The van der Waals surface area contributed by atoms with E-state index in [1.54, 1.807) is 24.2 Å². The van der Waals surface area contributed by atoms with E-state index in [0.29, 0.717) is 55.3 Å². The summed E-state index contributed by atoms with van der Waals surface area (Å²) < 4.78 is 16.9. The van der Waals surface area contributed by atoms with Crippen LogP contribution in [-0.4, -0.2) is 90.6 Å². The van der Waals surface area contributed by atoms with Gasteiger partial charge in [0.25, 0.3) is 5.91 Å². The van der Waals surface area contributed by atoms with Crippen LogP contribution in [0.5, 0.6) is 0 Å². The first-order valence-corrected chi connectivity index (χ1v) is 18.8. The zero-order valence-corrected chi connectivity index (χ0v) is 30.8. The van der Waals surface area contributed by atoms with Crippen LogP contribution >= 0.6 is 0 Å². The van der Waals surface area contributed by atoms with Crippen molar-refractivity contribution in [2.75, 3.05) is 36.4 Å². The number of fused-ring (bicyclic) bond motifs is 3. The second kappa shape index (κ2) is 12.9. The van der Waals surface area contributed by atoms with Gasteiger partial charge in [0.05, 0.1) is 34.8 Å². The standard InChI is InChI=1S/C40H49FN8O3/c1-6-34(50)37(51)46-15-11-40(12-16-46)28-8-7-25(17-33(28)49(38(40)52)27-18-26(19-27)47-14-10-39(4,5)22-47)31-20-32-35(48(23-43-32)24(2)3)36(45-31)44-30-9-13-42-21-29(30)41/h7-9,13,17,20-21,23-24,26-27,34,50H,6,10-12,14-16,18-19,22H2,1-5H3,(H,42,44,45)/t26-,27+,34-/m1/s1. The molecule has 4 aromatic rings. The number of imidazole rings is 1. The van der Waals surface area contributed by atoms with Gasteiger partial charge in [0.1, 0.15) is 11.6 Å². The molecule has 11 nitrogen and oxygen atoms in total. The van der Waals surface area contributed by atoms with Crippen LogP contribution in [0.25, 0.3) is 22.3 Å². The van der Waals surface area contributed by atoms with E-state index in [9.17, 15) is 19.1 Å². The molecular weight excluding hydrogens is 659 g/mol. The van der Waals surface area contributed by atoms with Gasteiger partial charge in [0.2, 0.25) is 5.91 Å². The molecule has 2 N–H and O–H groups in total. The minimum absolute atomic E-state index is 0.0836. The number of hydrogen-bond acceptors (Lipinski definition) is 8. The minimum Gasteiger partial charge on any atom is -0.383 e. The number of anilines is 3. The maximum atomic E-state index is 14.8. The minimum atomic E-state index is -1.02. The molecule has 3 fully saturated rings. The van der Waals surface area contributed by atoms with Crippen LogP contribution in [0.15, 0.2) is 49.1 Å². The molecule has 4 aliphatic rings. The van der Waals surface area contributed by atoms with Gasteiger partial charge in [-0.2, -0.15) is 0 Å². The van der Waals surface area contributed by atoms with Gasteiger partial charge in [-0.15, -0.1) is 0 Å². The Balaban J connectivity index is 1.17. The Kier molecular flexibility index (Phi) is 8.60. The highest BCUT2D eigenvalue weighted by molar-refractivity contribution is 6.09. The van der Waals surface area contributed by atoms with E-state index >= 15 is 0 Å². The largest absolute Gasteiger partial charge is 0.383 e. The predicted octanol–water partition coefficient (Wildman–Crippen LogP) is 6.20. The van der Waals surface area contributed by atoms with Gasteiger partial charge in [-0.1, -0.05) is 32.9 Å². The Morgan fingerprint density at radius 1 is 1.08 bits per heavy atom. The number of pyridine rings is 2. The molecule has 1 aromatic carbocycles. The highest BCUT2D eigenvalue weighted by Crippen LogP contribution is 2.52. The van der Waals surface area contributed by atoms with Gasteiger partial charge in [-0.25, -0.2) is 14.4 Å². The van der Waals surface area contributed by atoms with Crippen LogP contribution in [0.3, 0.4) is 0 Å². The summed E-state index contributed by atoms with van der Waals surface area (Å²) in [6.07, 6.45) is 7.90. The van der Waals surface area contributed by atoms with E-state index in [-0.39, 0.29) is 29.6 Å². The number of aliphatic hydroxyl groups excluding tert-OH is 1. The number of amides is 2. The van der Waals surface area contributed by atoms with Crippen molar-refractivity contribution >= 4 is 40.0 Å². The number of hydrogen-bond donors (Lipinski definition) is 2. The number of nitrogens with one attached hydrogen (secondary N) is 1. The third-order valence-electron chi connectivity index (χ3n) is 12.1. The fourth-order valence-electron chi connectivity index (χ4n) is 8.91. The second-order valence-corrected chi connectivity index (χ2v) is 16.4. The average Bonchev–Trinajstić information content (AvgIpc) is 3.77. The Labute approximate surface area is 304 Å². The number of carbonyl (C=O) groups excluding carboxylic acids is 2. The van der Waals surface area contributed by atoms with E-state index in [0.717, 1.165) is 53.8 Å². The predicted molar refractivity (Wildman–Crippen MR) is 199 cm³/mol. The quantitative estimate of drug-likeness (QED) is 0.222. The molecule has 0 bridgehead atoms. The zero-order valence-electron chi connectivity index (χ0n) is 30.8. The number of benzene rings is 1. The lowest BCUT2D eigenvalue weighted by Gasteiger charge is -2.46. The van der Waals surface area contributed by atoms with Gasteiger partial charge in [0, 0.05) is 55.2 Å². The zero-order chi connectivity index (χ0) is 36.5. The van der Waals surface area contributed by atoms with E-state index in [1.165, 1.54) is 18.8 Å². The lowest BCUT2D eigenvalue weighted by Crippen LogP contribution is -2.58. The highest BCUT2D eigenvalue weighted by Gasteiger charge is 2.56. The maximum Gasteiger partial charge on any atom is 0.251 e. The summed E-state index contributed by atoms with van der Waals surface area (Å²) in [7, 11) is 0. The normalized spacial score (nSPS) is 23.0. The van der Waals surface area contributed by atoms with Crippen LogP contribution in [0.1, 0.15) is 84.7 Å². The van der Waals surface area contributed by atoms with Gasteiger partial charge in [-0.3, -0.25) is 19.5 Å². The lowest BCUT2D eigenvalue weighted by molar-refractivity contribution is -0.143. The molecule has 0 unspecified atom stereocenters. The summed E-state index contributed by atoms with van der Waals surface area (Å²) in [6, 6.07) is 10.4. The number of rotatable bonds is 8. The summed E-state index contributed by atoms with van der Waals surface area (Å²) in [6.45, 7) is 13.6. The van der Waals surface area contributed by atoms with Crippen LogP contribution in [-0.2, 0) is 15.0 Å². The molecule has 8 rings (SSSR count). The SMILES string of the molecule is CC[C@@H](O)C(=O)N1CCC2(CC1)C(=O)N([C@H]1C[C@@H](N3CCC(C)(C)C3)C1)c1cc(-c3cc4ncn(C(C)C)c4c(Nc4ccncc4F)n3)ccc12. The molecule has 1 spiro atoms. The Morgan fingerprint density at radius 3 is 2.52 bits per heavy atom. The van der Waals surface area contributed by atoms with Crippen molar-refractivity contribution in [2.24, 2.45) is 5.41 Å². The first-order chi connectivity index (χ1) is 24.9. The smallest absolute Gasteiger partial charge is 0.251 e. The van der Waals surface area contributed by atoms with Gasteiger partial charge >= 0.3 is 0 Å². The second-order valence-electron chi connectivity index (χ2n) is 16.4. The van der Waals surface area contributed by atoms with E-state index < -0.39 is 17.3 Å². The lowest BCUT2D eigenvalue weighted by atomic mass is 9.73. The molecule has 3 aliphatic heterocycles. The first-order valence-electron chi connectivity index (χ1n) is 18.8. The van der Waals surface area contributed by atoms with Crippen molar-refractivity contribution in [2.45, 2.75) is 103 Å². The van der Waals surface area contributed by atoms with E-state index in [1.807, 2.05) is 16.7 Å². The van der Waals surface area contributed by atoms with Crippen LogP contribution in [0, 0.1) is 11.2 Å². The van der Waals surface area contributed by atoms with E-state index in [4.69, 9.17) is 9.97 Å². The molecule has 0 radical (unpaired) electrons. The summed E-state index contributed by atoms with van der Waals surface area (Å²) in [5, 5.41) is 13.5. The van der Waals surface area contributed by atoms with Gasteiger partial charge < -0.3 is 24.8 Å². The molecular formula is C40H49FN8O3. The summed E-state index contributed by atoms with van der Waals surface area (Å²) >= 11 is 0. The number of nitrogens with zero attached hydrogens (tertiary/aromatic N) is 7. The van der Waals surface area contributed by atoms with Crippen molar-refractivity contribution in [1.82, 2.24) is 29.3 Å². The molecule has 1 saturated carbocycles. The van der Waals surface area contributed by atoms with Gasteiger partial charge in [-0.05, 0) is 88.1 Å². The molecule has 2 saturated heterocycles. The fourth-order valence-corrected chi connectivity index (χ4v) is 8.91. The topological polar surface area (TPSA) is 120 Å².